The van der Waals surface area contributed by atoms with Crippen LogP contribution in [0.2, 0.25) is 0 Å². The summed E-state index contributed by atoms with van der Waals surface area (Å²) in [4.78, 5) is 16.5. The molecule has 1 unspecified atom stereocenters. The lowest BCUT2D eigenvalue weighted by Gasteiger charge is -2.14. The number of fused-ring (bicyclic) bond motifs is 1. The molecule has 3 aromatic rings. The van der Waals surface area contributed by atoms with Crippen molar-refractivity contribution in [1.82, 2.24) is 20.1 Å². The quantitative estimate of drug-likeness (QED) is 0.587. The Morgan fingerprint density at radius 1 is 1.30 bits per heavy atom. The normalized spacial score (nSPS) is 12.4. The van der Waals surface area contributed by atoms with E-state index in [-0.39, 0.29) is 18.1 Å². The van der Waals surface area contributed by atoms with Crippen LogP contribution < -0.4 is 10.1 Å². The van der Waals surface area contributed by atoms with Crippen LogP contribution >= 0.6 is 0 Å². The third-order valence-electron chi connectivity index (χ3n) is 4.47. The molecule has 0 aliphatic rings. The van der Waals surface area contributed by atoms with Gasteiger partial charge in [0.1, 0.15) is 18.1 Å². The number of ether oxygens (including phenoxy) is 1. The SMILES string of the molecule is Cc1cc(Cn2cc3c(C(=O)NCC(C)O)nccc3n2)cc(C)c1OCC(F)F. The van der Waals surface area contributed by atoms with E-state index < -0.39 is 19.1 Å². The summed E-state index contributed by atoms with van der Waals surface area (Å²) < 4.78 is 31.8. The van der Waals surface area contributed by atoms with Crippen molar-refractivity contribution in [2.45, 2.75) is 39.8 Å². The van der Waals surface area contributed by atoms with Gasteiger partial charge in [-0.1, -0.05) is 12.1 Å². The molecule has 9 heteroatoms. The highest BCUT2D eigenvalue weighted by Gasteiger charge is 2.15. The lowest BCUT2D eigenvalue weighted by Crippen LogP contribution is -2.31. The Morgan fingerprint density at radius 2 is 2.00 bits per heavy atom. The highest BCUT2D eigenvalue weighted by Crippen LogP contribution is 2.26. The third kappa shape index (κ3) is 5.10. The van der Waals surface area contributed by atoms with Crippen molar-refractivity contribution in [2.75, 3.05) is 13.2 Å². The molecule has 30 heavy (non-hydrogen) atoms. The Labute approximate surface area is 172 Å². The number of carbonyl (C=O) groups is 1. The summed E-state index contributed by atoms with van der Waals surface area (Å²) in [6, 6.07) is 5.46. The van der Waals surface area contributed by atoms with Crippen molar-refractivity contribution >= 4 is 16.8 Å². The molecule has 1 atom stereocenters. The maximum absolute atomic E-state index is 12.4. The molecule has 0 aliphatic carbocycles. The topological polar surface area (TPSA) is 89.3 Å². The maximum Gasteiger partial charge on any atom is 0.272 e. The number of benzene rings is 1. The third-order valence-corrected chi connectivity index (χ3v) is 4.47. The molecule has 0 fully saturated rings. The molecule has 160 valence electrons. The number of aliphatic hydroxyl groups is 1. The van der Waals surface area contributed by atoms with Crippen LogP contribution in [0.4, 0.5) is 8.78 Å². The van der Waals surface area contributed by atoms with Gasteiger partial charge in [0.2, 0.25) is 0 Å². The molecule has 0 saturated heterocycles. The Hall–Kier alpha value is -3.07. The number of rotatable bonds is 8. The number of nitrogens with one attached hydrogen (secondary N) is 1. The largest absolute Gasteiger partial charge is 0.487 e. The Kier molecular flexibility index (Phi) is 6.61. The first-order chi connectivity index (χ1) is 14.2. The van der Waals surface area contributed by atoms with Crippen molar-refractivity contribution < 1.29 is 23.4 Å². The molecule has 0 aliphatic heterocycles. The Morgan fingerprint density at radius 3 is 2.63 bits per heavy atom. The maximum atomic E-state index is 12.4. The van der Waals surface area contributed by atoms with Gasteiger partial charge in [-0.3, -0.25) is 14.5 Å². The minimum absolute atomic E-state index is 0.129. The van der Waals surface area contributed by atoms with Gasteiger partial charge in [-0.15, -0.1) is 0 Å². The van der Waals surface area contributed by atoms with E-state index >= 15 is 0 Å². The molecule has 1 aromatic carbocycles. The zero-order valence-electron chi connectivity index (χ0n) is 17.0. The smallest absolute Gasteiger partial charge is 0.272 e. The Bertz CT molecular complexity index is 1030. The molecule has 2 heterocycles. The second-order valence-corrected chi connectivity index (χ2v) is 7.24. The predicted molar refractivity (Wildman–Crippen MR) is 108 cm³/mol. The molecular formula is C21H24F2N4O3. The molecule has 0 radical (unpaired) electrons. The lowest BCUT2D eigenvalue weighted by atomic mass is 10.1. The van der Waals surface area contributed by atoms with Gasteiger partial charge in [0.05, 0.1) is 23.6 Å². The van der Waals surface area contributed by atoms with E-state index in [2.05, 4.69) is 15.4 Å². The summed E-state index contributed by atoms with van der Waals surface area (Å²) >= 11 is 0. The number of hydrogen-bond acceptors (Lipinski definition) is 5. The van der Waals surface area contributed by atoms with Crippen LogP contribution in [0.15, 0.2) is 30.6 Å². The number of nitrogens with zero attached hydrogens (tertiary/aromatic N) is 3. The molecule has 0 bridgehead atoms. The van der Waals surface area contributed by atoms with Crippen molar-refractivity contribution in [3.8, 4) is 5.75 Å². The standard InChI is InChI=1S/C21H24F2N4O3/c1-12-6-15(7-13(2)20(12)30-11-18(22)23)9-27-10-16-17(26-27)4-5-24-19(16)21(29)25-8-14(3)28/h4-7,10,14,18,28H,8-9,11H2,1-3H3,(H,25,29). The van der Waals surface area contributed by atoms with E-state index in [9.17, 15) is 18.7 Å². The first-order valence-corrected chi connectivity index (χ1v) is 9.54. The van der Waals surface area contributed by atoms with Crippen molar-refractivity contribution in [1.29, 1.82) is 0 Å². The van der Waals surface area contributed by atoms with Gasteiger partial charge >= 0.3 is 0 Å². The monoisotopic (exact) mass is 418 g/mol. The van der Waals surface area contributed by atoms with Gasteiger partial charge in [0.15, 0.2) is 0 Å². The number of amides is 1. The van der Waals surface area contributed by atoms with Crippen LogP contribution in [-0.2, 0) is 6.54 Å². The minimum atomic E-state index is -2.53. The van der Waals surface area contributed by atoms with Crippen LogP contribution in [0.5, 0.6) is 5.75 Å². The molecule has 0 spiro atoms. The molecular weight excluding hydrogens is 394 g/mol. The number of aliphatic hydroxyl groups excluding tert-OH is 1. The summed E-state index contributed by atoms with van der Waals surface area (Å²) in [6.07, 6.45) is 0.0712. The second kappa shape index (κ2) is 9.17. The summed E-state index contributed by atoms with van der Waals surface area (Å²) in [5.41, 5.74) is 3.32. The van der Waals surface area contributed by atoms with Gasteiger partial charge in [-0.25, -0.2) is 8.78 Å². The van der Waals surface area contributed by atoms with Gasteiger partial charge < -0.3 is 15.2 Å². The second-order valence-electron chi connectivity index (χ2n) is 7.24. The molecule has 3 rings (SSSR count). The summed E-state index contributed by atoms with van der Waals surface area (Å²) in [5, 5.41) is 17.1. The zero-order valence-corrected chi connectivity index (χ0v) is 17.0. The summed E-state index contributed by atoms with van der Waals surface area (Å²) in [5.74, 6) is 0.0826. The number of aromatic nitrogens is 3. The molecule has 0 saturated carbocycles. The number of aryl methyl sites for hydroxylation is 2. The van der Waals surface area contributed by atoms with Gasteiger partial charge in [0, 0.05) is 18.9 Å². The fourth-order valence-corrected chi connectivity index (χ4v) is 3.27. The fraction of sp³-hybridized carbons (Fsp3) is 0.381. The first-order valence-electron chi connectivity index (χ1n) is 9.54. The van der Waals surface area contributed by atoms with Crippen molar-refractivity contribution in [2.24, 2.45) is 0 Å². The van der Waals surface area contributed by atoms with Crippen molar-refractivity contribution in [3.05, 3.63) is 53.0 Å². The highest BCUT2D eigenvalue weighted by atomic mass is 19.3. The molecule has 2 N–H and O–H groups in total. The van der Waals surface area contributed by atoms with E-state index in [1.54, 1.807) is 23.9 Å². The number of halogens is 2. The number of carbonyl (C=O) groups excluding carboxylic acids is 1. The summed E-state index contributed by atoms with van der Waals surface area (Å²) in [7, 11) is 0. The lowest BCUT2D eigenvalue weighted by molar-refractivity contribution is 0.0812. The van der Waals surface area contributed by atoms with E-state index in [4.69, 9.17) is 4.74 Å². The minimum Gasteiger partial charge on any atom is -0.487 e. The predicted octanol–water partition coefficient (Wildman–Crippen LogP) is 2.85. The van der Waals surface area contributed by atoms with Gasteiger partial charge in [-0.2, -0.15) is 5.10 Å². The molecule has 1 amide bonds. The van der Waals surface area contributed by atoms with Crippen molar-refractivity contribution in [3.63, 3.8) is 0 Å². The Balaban J connectivity index is 1.83. The molecule has 7 nitrogen and oxygen atoms in total. The highest BCUT2D eigenvalue weighted by molar-refractivity contribution is 6.04. The fourth-order valence-electron chi connectivity index (χ4n) is 3.27. The van der Waals surface area contributed by atoms with Crippen LogP contribution in [0, 0.1) is 13.8 Å². The van der Waals surface area contributed by atoms with Gasteiger partial charge in [-0.05, 0) is 43.5 Å². The zero-order chi connectivity index (χ0) is 21.8. The van der Waals surface area contributed by atoms with Crippen LogP contribution in [-0.4, -0.2) is 51.5 Å². The number of pyridine rings is 1. The van der Waals surface area contributed by atoms with E-state index in [0.29, 0.717) is 23.2 Å². The van der Waals surface area contributed by atoms with E-state index in [0.717, 1.165) is 16.7 Å². The van der Waals surface area contributed by atoms with Crippen LogP contribution in [0.25, 0.3) is 10.9 Å². The number of hydrogen-bond donors (Lipinski definition) is 2. The van der Waals surface area contributed by atoms with Gasteiger partial charge in [0.25, 0.3) is 12.3 Å². The van der Waals surface area contributed by atoms with E-state index in [1.807, 2.05) is 26.0 Å². The average molecular weight is 418 g/mol. The van der Waals surface area contributed by atoms with Crippen LogP contribution in [0.1, 0.15) is 34.1 Å². The van der Waals surface area contributed by atoms with E-state index in [1.165, 1.54) is 6.20 Å². The average Bonchev–Trinajstić information content (AvgIpc) is 3.07. The van der Waals surface area contributed by atoms with Crippen LogP contribution in [0.3, 0.4) is 0 Å². The number of alkyl halides is 2. The molecule has 2 aromatic heterocycles. The summed E-state index contributed by atoms with van der Waals surface area (Å²) in [6.45, 7) is 5.12. The first kappa shape index (κ1) is 21.6.